The Labute approximate surface area is 105 Å². The van der Waals surface area contributed by atoms with Crippen LogP contribution in [0.1, 0.15) is 23.7 Å². The first kappa shape index (κ1) is 13.0. The number of carbonyl (C=O) groups is 1. The SMILES string of the molecule is C[C@@H]1O[C@@H](O)C[C@@H](NC(=O)c2ccccc2)[C@@H]1O. The third-order valence-corrected chi connectivity index (χ3v) is 3.07. The predicted molar refractivity (Wildman–Crippen MR) is 64.9 cm³/mol. The number of rotatable bonds is 2. The summed E-state index contributed by atoms with van der Waals surface area (Å²) >= 11 is 0. The molecule has 0 spiro atoms. The van der Waals surface area contributed by atoms with Crippen LogP contribution in [0.2, 0.25) is 0 Å². The van der Waals surface area contributed by atoms with Crippen LogP contribution in [0.15, 0.2) is 30.3 Å². The lowest BCUT2D eigenvalue weighted by Crippen LogP contribution is -2.54. The Kier molecular flexibility index (Phi) is 3.96. The van der Waals surface area contributed by atoms with Crippen molar-refractivity contribution in [3.8, 4) is 0 Å². The molecule has 0 saturated carbocycles. The molecule has 0 radical (unpaired) electrons. The minimum absolute atomic E-state index is 0.185. The number of amides is 1. The van der Waals surface area contributed by atoms with E-state index in [4.69, 9.17) is 4.74 Å². The molecule has 5 heteroatoms. The molecule has 1 aromatic carbocycles. The van der Waals surface area contributed by atoms with Crippen molar-refractivity contribution >= 4 is 5.91 Å². The normalized spacial score (nSPS) is 31.9. The van der Waals surface area contributed by atoms with E-state index in [2.05, 4.69) is 5.32 Å². The van der Waals surface area contributed by atoms with Crippen LogP contribution in [0.3, 0.4) is 0 Å². The van der Waals surface area contributed by atoms with E-state index < -0.39 is 24.5 Å². The largest absolute Gasteiger partial charge is 0.388 e. The van der Waals surface area contributed by atoms with Crippen molar-refractivity contribution in [2.24, 2.45) is 0 Å². The number of nitrogens with one attached hydrogen (secondary N) is 1. The minimum Gasteiger partial charge on any atom is -0.388 e. The maximum atomic E-state index is 11.9. The number of hydrogen-bond acceptors (Lipinski definition) is 4. The summed E-state index contributed by atoms with van der Waals surface area (Å²) in [5.41, 5.74) is 0.526. The first-order chi connectivity index (χ1) is 8.58. The minimum atomic E-state index is -0.954. The predicted octanol–water partition coefficient (Wildman–Crippen LogP) is 0.273. The molecule has 0 aromatic heterocycles. The Morgan fingerprint density at radius 3 is 2.67 bits per heavy atom. The maximum Gasteiger partial charge on any atom is 0.251 e. The van der Waals surface area contributed by atoms with E-state index in [1.165, 1.54) is 0 Å². The van der Waals surface area contributed by atoms with E-state index >= 15 is 0 Å². The molecule has 1 heterocycles. The number of carbonyl (C=O) groups excluding carboxylic acids is 1. The second-order valence-corrected chi connectivity index (χ2v) is 4.47. The molecule has 0 bridgehead atoms. The highest BCUT2D eigenvalue weighted by atomic mass is 16.6. The topological polar surface area (TPSA) is 78.8 Å². The van der Waals surface area contributed by atoms with E-state index in [1.54, 1.807) is 31.2 Å². The molecule has 1 aliphatic heterocycles. The van der Waals surface area contributed by atoms with Gasteiger partial charge in [0.1, 0.15) is 6.10 Å². The number of aliphatic hydroxyl groups excluding tert-OH is 2. The summed E-state index contributed by atoms with van der Waals surface area (Å²) in [5, 5.41) is 22.1. The van der Waals surface area contributed by atoms with Crippen molar-refractivity contribution in [2.75, 3.05) is 0 Å². The van der Waals surface area contributed by atoms with Gasteiger partial charge in [-0.25, -0.2) is 0 Å². The molecular formula is C13H17NO4. The monoisotopic (exact) mass is 251 g/mol. The smallest absolute Gasteiger partial charge is 0.251 e. The molecule has 18 heavy (non-hydrogen) atoms. The first-order valence-corrected chi connectivity index (χ1v) is 5.95. The summed E-state index contributed by atoms with van der Waals surface area (Å²) in [5.74, 6) is -0.263. The zero-order valence-corrected chi connectivity index (χ0v) is 10.1. The Balaban J connectivity index is 2.02. The van der Waals surface area contributed by atoms with E-state index in [0.717, 1.165) is 0 Å². The molecular weight excluding hydrogens is 234 g/mol. The van der Waals surface area contributed by atoms with E-state index in [-0.39, 0.29) is 12.3 Å². The summed E-state index contributed by atoms with van der Waals surface area (Å²) in [7, 11) is 0. The Morgan fingerprint density at radius 2 is 2.00 bits per heavy atom. The third kappa shape index (κ3) is 2.87. The highest BCUT2D eigenvalue weighted by Crippen LogP contribution is 2.19. The third-order valence-electron chi connectivity index (χ3n) is 3.07. The molecule has 5 nitrogen and oxygen atoms in total. The number of benzene rings is 1. The molecule has 1 fully saturated rings. The van der Waals surface area contributed by atoms with Crippen molar-refractivity contribution in [1.29, 1.82) is 0 Å². The van der Waals surface area contributed by atoms with Crippen LogP contribution < -0.4 is 5.32 Å². The zero-order valence-electron chi connectivity index (χ0n) is 10.1. The number of hydrogen-bond donors (Lipinski definition) is 3. The number of aliphatic hydroxyl groups is 2. The van der Waals surface area contributed by atoms with Gasteiger partial charge in [0, 0.05) is 12.0 Å². The first-order valence-electron chi connectivity index (χ1n) is 5.95. The fourth-order valence-corrected chi connectivity index (χ4v) is 2.05. The van der Waals surface area contributed by atoms with E-state index in [9.17, 15) is 15.0 Å². The van der Waals surface area contributed by atoms with Crippen molar-refractivity contribution < 1.29 is 19.7 Å². The lowest BCUT2D eigenvalue weighted by Gasteiger charge is -2.36. The van der Waals surface area contributed by atoms with Crippen LogP contribution in [0.5, 0.6) is 0 Å². The summed E-state index contributed by atoms with van der Waals surface area (Å²) in [4.78, 5) is 11.9. The Bertz CT molecular complexity index is 409. The van der Waals surface area contributed by atoms with Crippen molar-refractivity contribution in [2.45, 2.75) is 37.9 Å². The molecule has 4 atom stereocenters. The summed E-state index contributed by atoms with van der Waals surface area (Å²) < 4.78 is 5.07. The molecule has 1 saturated heterocycles. The van der Waals surface area contributed by atoms with Gasteiger partial charge in [0.15, 0.2) is 6.29 Å². The Hall–Kier alpha value is -1.43. The van der Waals surface area contributed by atoms with Crippen molar-refractivity contribution in [3.63, 3.8) is 0 Å². The van der Waals surface area contributed by atoms with Crippen LogP contribution in [-0.2, 0) is 4.74 Å². The molecule has 3 N–H and O–H groups in total. The lowest BCUT2D eigenvalue weighted by atomic mass is 9.99. The highest BCUT2D eigenvalue weighted by Gasteiger charge is 2.35. The fraction of sp³-hybridized carbons (Fsp3) is 0.462. The molecule has 0 aliphatic carbocycles. The lowest BCUT2D eigenvalue weighted by molar-refractivity contribution is -0.201. The summed E-state index contributed by atoms with van der Waals surface area (Å²) in [6.07, 6.45) is -2.09. The summed E-state index contributed by atoms with van der Waals surface area (Å²) in [6.45, 7) is 1.66. The van der Waals surface area contributed by atoms with Crippen LogP contribution >= 0.6 is 0 Å². The van der Waals surface area contributed by atoms with Gasteiger partial charge in [-0.15, -0.1) is 0 Å². The van der Waals surface area contributed by atoms with Gasteiger partial charge < -0.3 is 20.3 Å². The van der Waals surface area contributed by atoms with Crippen molar-refractivity contribution in [1.82, 2.24) is 5.32 Å². The van der Waals surface area contributed by atoms with Gasteiger partial charge >= 0.3 is 0 Å². The van der Waals surface area contributed by atoms with Crippen LogP contribution in [0.4, 0.5) is 0 Å². The molecule has 1 amide bonds. The molecule has 2 rings (SSSR count). The Morgan fingerprint density at radius 1 is 1.33 bits per heavy atom. The van der Waals surface area contributed by atoms with Gasteiger partial charge in [-0.1, -0.05) is 18.2 Å². The average molecular weight is 251 g/mol. The van der Waals surface area contributed by atoms with Crippen LogP contribution in [-0.4, -0.2) is 40.7 Å². The maximum absolute atomic E-state index is 11.9. The van der Waals surface area contributed by atoms with E-state index in [1.807, 2.05) is 6.07 Å². The zero-order chi connectivity index (χ0) is 13.1. The summed E-state index contributed by atoms with van der Waals surface area (Å²) in [6, 6.07) is 8.25. The average Bonchev–Trinajstić information content (AvgIpc) is 2.36. The van der Waals surface area contributed by atoms with Gasteiger partial charge in [0.05, 0.1) is 12.1 Å². The standard InChI is InChI=1S/C13H17NO4/c1-8-12(16)10(7-11(15)18-8)14-13(17)9-5-3-2-4-6-9/h2-6,8,10-12,15-16H,7H2,1H3,(H,14,17)/t8-,10+,11+,12+/m0/s1. The van der Waals surface area contributed by atoms with Gasteiger partial charge in [0.2, 0.25) is 0 Å². The van der Waals surface area contributed by atoms with Gasteiger partial charge in [-0.3, -0.25) is 4.79 Å². The molecule has 1 aliphatic rings. The van der Waals surface area contributed by atoms with E-state index in [0.29, 0.717) is 5.56 Å². The fourth-order valence-electron chi connectivity index (χ4n) is 2.05. The second-order valence-electron chi connectivity index (χ2n) is 4.47. The highest BCUT2D eigenvalue weighted by molar-refractivity contribution is 5.94. The van der Waals surface area contributed by atoms with Gasteiger partial charge in [-0.2, -0.15) is 0 Å². The number of ether oxygens (including phenoxy) is 1. The second kappa shape index (κ2) is 5.48. The molecule has 1 aromatic rings. The quantitative estimate of drug-likeness (QED) is 0.705. The van der Waals surface area contributed by atoms with Gasteiger partial charge in [0.25, 0.3) is 5.91 Å². The molecule has 0 unspecified atom stereocenters. The van der Waals surface area contributed by atoms with Crippen LogP contribution in [0.25, 0.3) is 0 Å². The molecule has 98 valence electrons. The van der Waals surface area contributed by atoms with Crippen LogP contribution in [0, 0.1) is 0 Å². The van der Waals surface area contributed by atoms with Gasteiger partial charge in [-0.05, 0) is 19.1 Å². The van der Waals surface area contributed by atoms with Crippen molar-refractivity contribution in [3.05, 3.63) is 35.9 Å².